The van der Waals surface area contributed by atoms with Crippen LogP contribution < -0.4 is 11.1 Å². The van der Waals surface area contributed by atoms with Crippen molar-refractivity contribution in [2.45, 2.75) is 33.2 Å². The Labute approximate surface area is 149 Å². The monoisotopic (exact) mass is 357 g/mol. The van der Waals surface area contributed by atoms with Gasteiger partial charge in [-0.3, -0.25) is 4.79 Å². The topological polar surface area (TPSA) is 77.1 Å². The molecular formula is C18H19N3O3S. The number of hydrogen-bond acceptors (Lipinski definition) is 5. The van der Waals surface area contributed by atoms with Gasteiger partial charge in [-0.1, -0.05) is 38.1 Å². The van der Waals surface area contributed by atoms with Crippen molar-refractivity contribution in [3.8, 4) is 10.8 Å². The number of carbonyl (C=O) groups is 1. The van der Waals surface area contributed by atoms with Gasteiger partial charge < -0.3 is 9.73 Å². The Bertz CT molecular complexity index is 939. The fraction of sp³-hybridized carbons (Fsp3) is 0.278. The molecule has 6 nitrogen and oxygen atoms in total. The van der Waals surface area contributed by atoms with Gasteiger partial charge in [-0.2, -0.15) is 4.68 Å². The zero-order valence-corrected chi connectivity index (χ0v) is 15.1. The van der Waals surface area contributed by atoms with E-state index in [0.717, 1.165) is 26.4 Å². The molecule has 1 aromatic carbocycles. The zero-order chi connectivity index (χ0) is 18.0. The Morgan fingerprint density at radius 2 is 2.12 bits per heavy atom. The largest absolute Gasteiger partial charge is 0.437 e. The van der Waals surface area contributed by atoms with Gasteiger partial charge in [0.2, 0.25) is 5.91 Å². The summed E-state index contributed by atoms with van der Waals surface area (Å²) in [6, 6.07) is 9.55. The van der Waals surface area contributed by atoms with Crippen LogP contribution >= 0.6 is 11.3 Å². The third kappa shape index (κ3) is 3.71. The van der Waals surface area contributed by atoms with Crippen LogP contribution in [0.25, 0.3) is 10.8 Å². The first-order chi connectivity index (χ1) is 12.0. The van der Waals surface area contributed by atoms with Crippen LogP contribution in [0.4, 0.5) is 5.69 Å². The molecule has 0 aliphatic carbocycles. The smallest absolute Gasteiger partial charge is 0.387 e. The lowest BCUT2D eigenvalue weighted by Crippen LogP contribution is -2.26. The van der Waals surface area contributed by atoms with E-state index in [2.05, 4.69) is 24.3 Å². The molecular weight excluding hydrogens is 338 g/mol. The van der Waals surface area contributed by atoms with Crippen molar-refractivity contribution >= 4 is 22.9 Å². The van der Waals surface area contributed by atoms with E-state index in [9.17, 15) is 9.59 Å². The lowest BCUT2D eigenvalue weighted by Gasteiger charge is -2.16. The average molecular weight is 357 g/mol. The van der Waals surface area contributed by atoms with E-state index in [1.807, 2.05) is 42.6 Å². The fourth-order valence-corrected chi connectivity index (χ4v) is 3.21. The van der Waals surface area contributed by atoms with Crippen molar-refractivity contribution in [1.29, 1.82) is 0 Å². The van der Waals surface area contributed by atoms with Crippen LogP contribution in [-0.4, -0.2) is 15.7 Å². The molecule has 1 amide bonds. The summed E-state index contributed by atoms with van der Waals surface area (Å²) in [5.74, 6) is -0.460. The minimum absolute atomic E-state index is 0.195. The lowest BCUT2D eigenvalue weighted by molar-refractivity contribution is -0.117. The van der Waals surface area contributed by atoms with Crippen molar-refractivity contribution in [3.63, 3.8) is 0 Å². The molecule has 0 aliphatic heterocycles. The second-order valence-electron chi connectivity index (χ2n) is 6.05. The summed E-state index contributed by atoms with van der Waals surface area (Å²) in [6.07, 6.45) is 0. The molecule has 2 heterocycles. The summed E-state index contributed by atoms with van der Waals surface area (Å²) in [6.45, 7) is 5.89. The van der Waals surface area contributed by atoms with Crippen molar-refractivity contribution in [2.75, 3.05) is 5.32 Å². The maximum atomic E-state index is 12.4. The normalized spacial score (nSPS) is 11.0. The number of anilines is 1. The highest BCUT2D eigenvalue weighted by atomic mass is 32.1. The van der Waals surface area contributed by atoms with Crippen LogP contribution in [0.2, 0.25) is 0 Å². The first kappa shape index (κ1) is 17.2. The number of benzene rings is 1. The Balaban J connectivity index is 1.79. The fourth-order valence-electron chi connectivity index (χ4n) is 2.56. The molecule has 0 saturated carbocycles. The number of aryl methyl sites for hydroxylation is 1. The van der Waals surface area contributed by atoms with Gasteiger partial charge >= 0.3 is 5.76 Å². The van der Waals surface area contributed by atoms with Gasteiger partial charge in [0.15, 0.2) is 0 Å². The van der Waals surface area contributed by atoms with E-state index in [1.165, 1.54) is 11.3 Å². The molecule has 0 atom stereocenters. The van der Waals surface area contributed by atoms with Gasteiger partial charge in [0.1, 0.15) is 6.54 Å². The first-order valence-electron chi connectivity index (χ1n) is 7.97. The number of rotatable bonds is 5. The third-order valence-corrected chi connectivity index (χ3v) is 4.68. The Kier molecular flexibility index (Phi) is 4.85. The molecule has 0 spiro atoms. The van der Waals surface area contributed by atoms with Gasteiger partial charge in [-0.15, -0.1) is 16.4 Å². The van der Waals surface area contributed by atoms with Crippen molar-refractivity contribution in [1.82, 2.24) is 9.78 Å². The van der Waals surface area contributed by atoms with Crippen LogP contribution in [0.15, 0.2) is 44.9 Å². The van der Waals surface area contributed by atoms with E-state index in [4.69, 9.17) is 4.42 Å². The first-order valence-corrected chi connectivity index (χ1v) is 8.85. The molecule has 25 heavy (non-hydrogen) atoms. The Hall–Kier alpha value is -2.67. The molecule has 2 aromatic heterocycles. The SMILES string of the molecule is Cc1cccc(C(C)C)c1NC(=O)Cn1nc(-c2cccs2)oc1=O. The molecule has 0 saturated heterocycles. The summed E-state index contributed by atoms with van der Waals surface area (Å²) >= 11 is 1.42. The van der Waals surface area contributed by atoms with Gasteiger partial charge in [0.05, 0.1) is 4.88 Å². The molecule has 130 valence electrons. The van der Waals surface area contributed by atoms with Crippen LogP contribution in [0.5, 0.6) is 0 Å². The van der Waals surface area contributed by atoms with Crippen LogP contribution in [0.3, 0.4) is 0 Å². The number of hydrogen-bond donors (Lipinski definition) is 1. The van der Waals surface area contributed by atoms with Gasteiger partial charge in [0.25, 0.3) is 5.89 Å². The van der Waals surface area contributed by atoms with E-state index in [-0.39, 0.29) is 24.3 Å². The summed E-state index contributed by atoms with van der Waals surface area (Å²) in [4.78, 5) is 25.1. The molecule has 0 fully saturated rings. The maximum absolute atomic E-state index is 12.4. The molecule has 0 aliphatic rings. The summed E-state index contributed by atoms with van der Waals surface area (Å²) in [5, 5.41) is 8.87. The van der Waals surface area contributed by atoms with Gasteiger partial charge in [-0.25, -0.2) is 4.79 Å². The molecule has 0 unspecified atom stereocenters. The predicted octanol–water partition coefficient (Wildman–Crippen LogP) is 3.64. The molecule has 0 bridgehead atoms. The van der Waals surface area contributed by atoms with E-state index >= 15 is 0 Å². The van der Waals surface area contributed by atoms with Gasteiger partial charge in [-0.05, 0) is 35.4 Å². The Morgan fingerprint density at radius 1 is 1.32 bits per heavy atom. The number of para-hydroxylation sites is 1. The quantitative estimate of drug-likeness (QED) is 0.756. The number of thiophene rings is 1. The highest BCUT2D eigenvalue weighted by Gasteiger charge is 2.16. The highest BCUT2D eigenvalue weighted by Crippen LogP contribution is 2.27. The van der Waals surface area contributed by atoms with Crippen molar-refractivity contribution < 1.29 is 9.21 Å². The zero-order valence-electron chi connectivity index (χ0n) is 14.3. The number of nitrogens with zero attached hydrogens (tertiary/aromatic N) is 2. The van der Waals surface area contributed by atoms with Crippen LogP contribution in [-0.2, 0) is 11.3 Å². The summed E-state index contributed by atoms with van der Waals surface area (Å²) in [5.41, 5.74) is 2.82. The minimum atomic E-state index is -0.646. The Morgan fingerprint density at radius 3 is 2.80 bits per heavy atom. The predicted molar refractivity (Wildman–Crippen MR) is 98.0 cm³/mol. The van der Waals surface area contributed by atoms with Crippen molar-refractivity contribution in [3.05, 3.63) is 57.4 Å². The average Bonchev–Trinajstić information content (AvgIpc) is 3.19. The highest BCUT2D eigenvalue weighted by molar-refractivity contribution is 7.13. The molecule has 3 aromatic rings. The molecule has 7 heteroatoms. The molecule has 1 N–H and O–H groups in total. The summed E-state index contributed by atoms with van der Waals surface area (Å²) < 4.78 is 6.16. The molecule has 3 rings (SSSR count). The second kappa shape index (κ2) is 7.06. The number of carbonyl (C=O) groups excluding carboxylic acids is 1. The minimum Gasteiger partial charge on any atom is -0.387 e. The number of aromatic nitrogens is 2. The van der Waals surface area contributed by atoms with E-state index in [1.54, 1.807) is 0 Å². The third-order valence-electron chi connectivity index (χ3n) is 3.82. The van der Waals surface area contributed by atoms with E-state index in [0.29, 0.717) is 0 Å². The van der Waals surface area contributed by atoms with Crippen LogP contribution in [0, 0.1) is 6.92 Å². The standard InChI is InChI=1S/C18H19N3O3S/c1-11(2)13-7-4-6-12(3)16(13)19-15(22)10-21-18(23)24-17(20-21)14-8-5-9-25-14/h4-9,11H,10H2,1-3H3,(H,19,22). The lowest BCUT2D eigenvalue weighted by atomic mass is 9.98. The van der Waals surface area contributed by atoms with E-state index < -0.39 is 5.76 Å². The maximum Gasteiger partial charge on any atom is 0.437 e. The number of nitrogens with one attached hydrogen (secondary N) is 1. The van der Waals surface area contributed by atoms with Gasteiger partial charge in [0, 0.05) is 5.69 Å². The van der Waals surface area contributed by atoms with Crippen LogP contribution in [0.1, 0.15) is 30.9 Å². The summed E-state index contributed by atoms with van der Waals surface area (Å²) in [7, 11) is 0. The second-order valence-corrected chi connectivity index (χ2v) is 7.00. The van der Waals surface area contributed by atoms with Crippen molar-refractivity contribution in [2.24, 2.45) is 0 Å². The molecule has 0 radical (unpaired) electrons. The number of amides is 1.